The van der Waals surface area contributed by atoms with Crippen LogP contribution in [-0.4, -0.2) is 41.5 Å². The number of alkyl halides is 3. The van der Waals surface area contributed by atoms with Gasteiger partial charge >= 0.3 is 17.8 Å². The second kappa shape index (κ2) is 6.03. The lowest BCUT2D eigenvalue weighted by molar-refractivity contribution is -0.202. The van der Waals surface area contributed by atoms with Crippen molar-refractivity contribution in [2.75, 3.05) is 7.11 Å². The second-order valence-electron chi connectivity index (χ2n) is 5.15. The van der Waals surface area contributed by atoms with Crippen LogP contribution in [0.1, 0.15) is 5.56 Å². The highest BCUT2D eigenvalue weighted by Gasteiger charge is 2.64. The van der Waals surface area contributed by atoms with E-state index < -0.39 is 17.8 Å². The van der Waals surface area contributed by atoms with Crippen molar-refractivity contribution < 1.29 is 22.7 Å². The van der Waals surface area contributed by atoms with Gasteiger partial charge < -0.3 is 4.74 Å². The second-order valence-corrected chi connectivity index (χ2v) is 5.59. The quantitative estimate of drug-likeness (QED) is 0.752. The molecule has 3 rings (SSSR count). The first-order chi connectivity index (χ1) is 11.8. The molecule has 0 amide bonds. The van der Waals surface area contributed by atoms with Gasteiger partial charge in [-0.05, 0) is 12.2 Å². The zero-order chi connectivity index (χ0) is 18.2. The van der Waals surface area contributed by atoms with E-state index >= 15 is 0 Å². The molecule has 9 heteroatoms. The van der Waals surface area contributed by atoms with E-state index in [2.05, 4.69) is 14.7 Å². The SMILES string of the molecule is COC(=O)C1(C(F)(F)F)N=C2C=CC(Cl)=CN2C(c2ccccc2)=N1. The van der Waals surface area contributed by atoms with Crippen molar-refractivity contribution in [1.82, 2.24) is 4.90 Å². The van der Waals surface area contributed by atoms with Crippen molar-refractivity contribution in [1.29, 1.82) is 0 Å². The van der Waals surface area contributed by atoms with E-state index in [9.17, 15) is 18.0 Å². The molecule has 25 heavy (non-hydrogen) atoms. The topological polar surface area (TPSA) is 54.3 Å². The molecule has 1 atom stereocenters. The highest BCUT2D eigenvalue weighted by atomic mass is 35.5. The van der Waals surface area contributed by atoms with Gasteiger partial charge in [-0.1, -0.05) is 41.9 Å². The van der Waals surface area contributed by atoms with Gasteiger partial charge in [-0.3, -0.25) is 4.90 Å². The monoisotopic (exact) mass is 369 g/mol. The molecule has 0 spiro atoms. The minimum atomic E-state index is -5.09. The number of carbonyl (C=O) groups is 1. The average molecular weight is 370 g/mol. The fourth-order valence-electron chi connectivity index (χ4n) is 2.39. The Balaban J connectivity index is 2.28. The van der Waals surface area contributed by atoms with Gasteiger partial charge in [0.15, 0.2) is 0 Å². The number of methoxy groups -OCH3 is 1. The van der Waals surface area contributed by atoms with Crippen molar-refractivity contribution in [2.45, 2.75) is 11.8 Å². The van der Waals surface area contributed by atoms with Crippen LogP contribution >= 0.6 is 11.6 Å². The van der Waals surface area contributed by atoms with Gasteiger partial charge in [0, 0.05) is 11.8 Å². The van der Waals surface area contributed by atoms with Gasteiger partial charge in [0.05, 0.1) is 12.1 Å². The summed E-state index contributed by atoms with van der Waals surface area (Å²) < 4.78 is 45.6. The Kier molecular flexibility index (Phi) is 4.16. The molecule has 0 aliphatic carbocycles. The maximum Gasteiger partial charge on any atom is 0.445 e. The summed E-state index contributed by atoms with van der Waals surface area (Å²) >= 11 is 5.95. The Bertz CT molecular complexity index is 831. The number of hydrogen-bond donors (Lipinski definition) is 0. The third-order valence-corrected chi connectivity index (χ3v) is 3.78. The van der Waals surface area contributed by atoms with Crippen LogP contribution in [0.4, 0.5) is 13.2 Å². The summed E-state index contributed by atoms with van der Waals surface area (Å²) in [7, 11) is 0.855. The Morgan fingerprint density at radius 2 is 1.88 bits per heavy atom. The van der Waals surface area contributed by atoms with Crippen LogP contribution in [0.25, 0.3) is 0 Å². The zero-order valence-corrected chi connectivity index (χ0v) is 13.5. The summed E-state index contributed by atoms with van der Waals surface area (Å²) in [6.45, 7) is 0. The number of halogens is 4. The lowest BCUT2D eigenvalue weighted by Gasteiger charge is -2.36. The first kappa shape index (κ1) is 17.2. The first-order valence-electron chi connectivity index (χ1n) is 7.03. The van der Waals surface area contributed by atoms with Crippen LogP contribution in [0.2, 0.25) is 0 Å². The minimum absolute atomic E-state index is 0.115. The van der Waals surface area contributed by atoms with Crippen LogP contribution in [0.3, 0.4) is 0 Å². The van der Waals surface area contributed by atoms with Gasteiger partial charge in [-0.15, -0.1) is 0 Å². The number of rotatable bonds is 2. The number of amidine groups is 2. The summed E-state index contributed by atoms with van der Waals surface area (Å²) in [5, 5.41) is 0.278. The highest BCUT2D eigenvalue weighted by Crippen LogP contribution is 2.40. The zero-order valence-electron chi connectivity index (χ0n) is 12.8. The summed E-state index contributed by atoms with van der Waals surface area (Å²) in [6, 6.07) is 8.13. The van der Waals surface area contributed by atoms with Gasteiger partial charge in [-0.2, -0.15) is 13.2 Å². The van der Waals surface area contributed by atoms with E-state index in [0.717, 1.165) is 7.11 Å². The molecule has 2 heterocycles. The van der Waals surface area contributed by atoms with Crippen molar-refractivity contribution >= 4 is 29.2 Å². The number of nitrogens with zero attached hydrogens (tertiary/aromatic N) is 3. The van der Waals surface area contributed by atoms with Crippen molar-refractivity contribution in [3.05, 3.63) is 59.3 Å². The standard InChI is InChI=1S/C16H11ClF3N3O2/c1-25-14(24)15(16(18,19)20)21-12-8-7-11(17)9-23(12)13(22-15)10-5-3-2-4-6-10/h2-9H,1H3. The largest absolute Gasteiger partial charge is 0.465 e. The molecule has 0 N–H and O–H groups in total. The normalized spacial score (nSPS) is 22.6. The number of esters is 1. The molecule has 0 fully saturated rings. The van der Waals surface area contributed by atoms with E-state index in [0.29, 0.717) is 5.56 Å². The molecule has 5 nitrogen and oxygen atoms in total. The van der Waals surface area contributed by atoms with E-state index in [1.807, 2.05) is 0 Å². The molecule has 0 saturated heterocycles. The maximum absolute atomic E-state index is 13.8. The molecule has 0 bridgehead atoms. The summed E-state index contributed by atoms with van der Waals surface area (Å²) in [5.41, 5.74) is -3.01. The number of allylic oxidation sites excluding steroid dienone is 2. The summed E-state index contributed by atoms with van der Waals surface area (Å²) in [5.74, 6) is -1.86. The molecular formula is C16H11ClF3N3O2. The fraction of sp³-hybridized carbons (Fsp3) is 0.188. The predicted octanol–water partition coefficient (Wildman–Crippen LogP) is 3.23. The number of carbonyl (C=O) groups excluding carboxylic acids is 1. The Labute approximate surface area is 145 Å². The lowest BCUT2D eigenvalue weighted by atomic mass is 10.1. The molecule has 2 aliphatic rings. The van der Waals surface area contributed by atoms with Gasteiger partial charge in [0.1, 0.15) is 11.7 Å². The van der Waals surface area contributed by atoms with E-state index in [1.54, 1.807) is 30.3 Å². The van der Waals surface area contributed by atoms with Crippen LogP contribution in [0.15, 0.2) is 63.7 Å². The van der Waals surface area contributed by atoms with E-state index in [4.69, 9.17) is 11.6 Å². The molecule has 1 aromatic carbocycles. The molecule has 0 radical (unpaired) electrons. The van der Waals surface area contributed by atoms with Gasteiger partial charge in [0.25, 0.3) is 0 Å². The third kappa shape index (κ3) is 2.82. The van der Waals surface area contributed by atoms with Crippen molar-refractivity contribution in [3.63, 3.8) is 0 Å². The van der Waals surface area contributed by atoms with Crippen molar-refractivity contribution in [2.24, 2.45) is 9.98 Å². The predicted molar refractivity (Wildman–Crippen MR) is 86.1 cm³/mol. The number of ether oxygens (including phenoxy) is 1. The Hall–Kier alpha value is -2.61. The van der Waals surface area contributed by atoms with Crippen LogP contribution in [0.5, 0.6) is 0 Å². The lowest BCUT2D eigenvalue weighted by Crippen LogP contribution is -2.55. The van der Waals surface area contributed by atoms with Crippen molar-refractivity contribution in [3.8, 4) is 0 Å². The smallest absolute Gasteiger partial charge is 0.445 e. The van der Waals surface area contributed by atoms with Crippen LogP contribution in [0, 0.1) is 0 Å². The molecular weight excluding hydrogens is 359 g/mol. The molecule has 0 saturated carbocycles. The van der Waals surface area contributed by atoms with Crippen LogP contribution in [-0.2, 0) is 9.53 Å². The number of hydrogen-bond acceptors (Lipinski definition) is 5. The number of benzene rings is 1. The minimum Gasteiger partial charge on any atom is -0.465 e. The number of fused-ring (bicyclic) bond motifs is 1. The first-order valence-corrected chi connectivity index (χ1v) is 7.41. The third-order valence-electron chi connectivity index (χ3n) is 3.56. The maximum atomic E-state index is 13.8. The van der Waals surface area contributed by atoms with E-state index in [1.165, 1.54) is 23.3 Å². The fourth-order valence-corrected chi connectivity index (χ4v) is 2.55. The Morgan fingerprint density at radius 1 is 1.20 bits per heavy atom. The Morgan fingerprint density at radius 3 is 2.48 bits per heavy atom. The highest BCUT2D eigenvalue weighted by molar-refractivity contribution is 6.32. The molecule has 130 valence electrons. The molecule has 2 aliphatic heterocycles. The molecule has 1 aromatic rings. The number of aliphatic imine (C=N–C) groups is 2. The summed E-state index contributed by atoms with van der Waals surface area (Å²) in [6.07, 6.45) is -1.05. The average Bonchev–Trinajstić information content (AvgIpc) is 2.60. The van der Waals surface area contributed by atoms with Crippen LogP contribution < -0.4 is 0 Å². The van der Waals surface area contributed by atoms with Gasteiger partial charge in [0.2, 0.25) is 0 Å². The van der Waals surface area contributed by atoms with Gasteiger partial charge in [-0.25, -0.2) is 14.8 Å². The molecule has 1 unspecified atom stereocenters. The molecule has 0 aromatic heterocycles. The summed E-state index contributed by atoms with van der Waals surface area (Å²) in [4.78, 5) is 20.5. The van der Waals surface area contributed by atoms with E-state index in [-0.39, 0.29) is 16.7 Å².